The van der Waals surface area contributed by atoms with Crippen LogP contribution in [-0.4, -0.2) is 5.78 Å². The van der Waals surface area contributed by atoms with Gasteiger partial charge in [0.1, 0.15) is 11.9 Å². The van der Waals surface area contributed by atoms with E-state index >= 15 is 0 Å². The van der Waals surface area contributed by atoms with Crippen molar-refractivity contribution in [3.8, 4) is 6.07 Å². The first-order valence-corrected chi connectivity index (χ1v) is 6.10. The Morgan fingerprint density at radius 1 is 1.37 bits per heavy atom. The lowest BCUT2D eigenvalue weighted by molar-refractivity contribution is -0.117. The first-order valence-electron chi connectivity index (χ1n) is 6.10. The van der Waals surface area contributed by atoms with Crippen molar-refractivity contribution in [1.82, 2.24) is 0 Å². The van der Waals surface area contributed by atoms with E-state index in [-0.39, 0.29) is 11.2 Å². The van der Waals surface area contributed by atoms with Gasteiger partial charge in [0, 0.05) is 18.2 Å². The number of ketones is 1. The van der Waals surface area contributed by atoms with Crippen molar-refractivity contribution in [2.75, 3.05) is 5.32 Å². The minimum atomic E-state index is -0.413. The second-order valence-electron chi connectivity index (χ2n) is 5.58. The third kappa shape index (κ3) is 3.19. The minimum absolute atomic E-state index is 0.0497. The van der Waals surface area contributed by atoms with Crippen LogP contribution in [-0.2, 0) is 4.79 Å². The van der Waals surface area contributed by atoms with Crippen LogP contribution in [0.2, 0.25) is 0 Å². The molecule has 3 nitrogen and oxygen atoms in total. The van der Waals surface area contributed by atoms with E-state index in [9.17, 15) is 9.18 Å². The van der Waals surface area contributed by atoms with Crippen LogP contribution in [0.1, 0.15) is 32.3 Å². The van der Waals surface area contributed by atoms with Gasteiger partial charge in [-0.2, -0.15) is 5.26 Å². The molecule has 0 bridgehead atoms. The van der Waals surface area contributed by atoms with Gasteiger partial charge in [-0.05, 0) is 30.0 Å². The highest BCUT2D eigenvalue weighted by Gasteiger charge is 2.27. The highest BCUT2D eigenvalue weighted by molar-refractivity contribution is 5.92. The number of hydrogen-bond acceptors (Lipinski definition) is 3. The van der Waals surface area contributed by atoms with E-state index in [1.807, 2.05) is 19.9 Å². The lowest BCUT2D eigenvalue weighted by Gasteiger charge is -2.29. The predicted octanol–water partition coefficient (Wildman–Crippen LogP) is 3.38. The van der Waals surface area contributed by atoms with Crippen LogP contribution in [0, 0.1) is 22.6 Å². The molecule has 19 heavy (non-hydrogen) atoms. The van der Waals surface area contributed by atoms with Crippen LogP contribution < -0.4 is 5.32 Å². The van der Waals surface area contributed by atoms with Gasteiger partial charge in [-0.3, -0.25) is 4.79 Å². The monoisotopic (exact) mass is 258 g/mol. The minimum Gasteiger partial charge on any atom is -0.358 e. The molecule has 0 amide bonds. The second kappa shape index (κ2) is 4.85. The van der Waals surface area contributed by atoms with Gasteiger partial charge in [0.2, 0.25) is 0 Å². The van der Waals surface area contributed by atoms with Crippen molar-refractivity contribution in [2.24, 2.45) is 5.41 Å². The maximum Gasteiger partial charge on any atom is 0.157 e. The van der Waals surface area contributed by atoms with Crippen molar-refractivity contribution >= 4 is 11.5 Å². The fourth-order valence-corrected chi connectivity index (χ4v) is 2.32. The van der Waals surface area contributed by atoms with E-state index in [0.29, 0.717) is 24.1 Å². The highest BCUT2D eigenvalue weighted by atomic mass is 19.1. The Balaban J connectivity index is 2.29. The molecule has 0 aliphatic heterocycles. The standard InChI is InChI=1S/C15H15FN2O/c1-15(2)7-12(6-13(19)8-15)18-14-5-11(16)4-3-10(14)9-17/h3-6,18H,7-8H2,1-2H3. The number of anilines is 1. The number of allylic oxidation sites excluding steroid dienone is 2. The SMILES string of the molecule is CC1(C)CC(=O)C=C(Nc2cc(F)ccc2C#N)C1. The van der Waals surface area contributed by atoms with Gasteiger partial charge < -0.3 is 5.32 Å². The summed E-state index contributed by atoms with van der Waals surface area (Å²) in [4.78, 5) is 11.6. The second-order valence-corrected chi connectivity index (χ2v) is 5.58. The van der Waals surface area contributed by atoms with Crippen molar-refractivity contribution < 1.29 is 9.18 Å². The maximum absolute atomic E-state index is 13.2. The Morgan fingerprint density at radius 2 is 2.11 bits per heavy atom. The molecule has 1 aliphatic rings. The molecule has 0 fully saturated rings. The largest absolute Gasteiger partial charge is 0.358 e. The lowest BCUT2D eigenvalue weighted by Crippen LogP contribution is -2.24. The zero-order chi connectivity index (χ0) is 14.0. The molecular weight excluding hydrogens is 243 g/mol. The van der Waals surface area contributed by atoms with Crippen LogP contribution in [0.25, 0.3) is 0 Å². The number of carbonyl (C=O) groups excluding carboxylic acids is 1. The molecule has 0 saturated carbocycles. The molecule has 0 aromatic heterocycles. The summed E-state index contributed by atoms with van der Waals surface area (Å²) < 4.78 is 13.2. The average Bonchev–Trinajstić information content (AvgIpc) is 2.26. The van der Waals surface area contributed by atoms with Crippen molar-refractivity contribution in [3.05, 3.63) is 41.4 Å². The van der Waals surface area contributed by atoms with Crippen LogP contribution in [0.3, 0.4) is 0 Å². The Bertz CT molecular complexity index is 597. The molecule has 2 rings (SSSR count). The van der Waals surface area contributed by atoms with E-state index in [0.717, 1.165) is 5.70 Å². The van der Waals surface area contributed by atoms with Gasteiger partial charge in [-0.15, -0.1) is 0 Å². The van der Waals surface area contributed by atoms with Crippen molar-refractivity contribution in [2.45, 2.75) is 26.7 Å². The van der Waals surface area contributed by atoms with E-state index in [2.05, 4.69) is 5.32 Å². The molecule has 1 aliphatic carbocycles. The fourth-order valence-electron chi connectivity index (χ4n) is 2.32. The predicted molar refractivity (Wildman–Crippen MR) is 70.8 cm³/mol. The van der Waals surface area contributed by atoms with E-state index in [1.165, 1.54) is 24.3 Å². The van der Waals surface area contributed by atoms with Crippen LogP contribution >= 0.6 is 0 Å². The highest BCUT2D eigenvalue weighted by Crippen LogP contribution is 2.34. The summed E-state index contributed by atoms with van der Waals surface area (Å²) in [6, 6.07) is 5.94. The number of halogens is 1. The lowest BCUT2D eigenvalue weighted by atomic mass is 9.79. The Morgan fingerprint density at radius 3 is 2.74 bits per heavy atom. The van der Waals surface area contributed by atoms with Crippen LogP contribution in [0.4, 0.5) is 10.1 Å². The molecular formula is C15H15FN2O. The quantitative estimate of drug-likeness (QED) is 0.884. The Labute approximate surface area is 111 Å². The molecule has 1 aromatic rings. The molecule has 0 unspecified atom stereocenters. The first-order chi connectivity index (χ1) is 8.89. The van der Waals surface area contributed by atoms with Gasteiger partial charge in [-0.25, -0.2) is 4.39 Å². The van der Waals surface area contributed by atoms with Crippen molar-refractivity contribution in [3.63, 3.8) is 0 Å². The zero-order valence-electron chi connectivity index (χ0n) is 11.0. The molecule has 0 heterocycles. The first kappa shape index (κ1) is 13.3. The van der Waals surface area contributed by atoms with Crippen LogP contribution in [0.5, 0.6) is 0 Å². The summed E-state index contributed by atoms with van der Waals surface area (Å²) in [7, 11) is 0. The molecule has 0 radical (unpaired) electrons. The zero-order valence-corrected chi connectivity index (χ0v) is 11.0. The Hall–Kier alpha value is -2.15. The van der Waals surface area contributed by atoms with Crippen molar-refractivity contribution in [1.29, 1.82) is 5.26 Å². The molecule has 0 spiro atoms. The number of nitriles is 1. The fraction of sp³-hybridized carbons (Fsp3) is 0.333. The Kier molecular flexibility index (Phi) is 3.39. The van der Waals surface area contributed by atoms with E-state index in [4.69, 9.17) is 5.26 Å². The molecule has 98 valence electrons. The summed E-state index contributed by atoms with van der Waals surface area (Å²) in [5.74, 6) is -0.364. The maximum atomic E-state index is 13.2. The van der Waals surface area contributed by atoms with Gasteiger partial charge in [0.25, 0.3) is 0 Å². The molecule has 1 N–H and O–H groups in total. The summed E-state index contributed by atoms with van der Waals surface area (Å²) >= 11 is 0. The van der Waals surface area contributed by atoms with Gasteiger partial charge in [-0.1, -0.05) is 13.8 Å². The van der Waals surface area contributed by atoms with Crippen LogP contribution in [0.15, 0.2) is 30.0 Å². The molecule has 1 aromatic carbocycles. The third-order valence-corrected chi connectivity index (χ3v) is 3.05. The molecule has 0 saturated heterocycles. The number of carbonyl (C=O) groups is 1. The average molecular weight is 258 g/mol. The topological polar surface area (TPSA) is 52.9 Å². The van der Waals surface area contributed by atoms with Gasteiger partial charge in [0.05, 0.1) is 11.3 Å². The number of rotatable bonds is 2. The number of nitrogens with one attached hydrogen (secondary N) is 1. The molecule has 0 atom stereocenters. The normalized spacial score (nSPS) is 17.6. The van der Waals surface area contributed by atoms with E-state index in [1.54, 1.807) is 0 Å². The number of benzene rings is 1. The van der Waals surface area contributed by atoms with E-state index < -0.39 is 5.82 Å². The summed E-state index contributed by atoms with van der Waals surface area (Å²) in [6.45, 7) is 4.02. The number of nitrogens with zero attached hydrogens (tertiary/aromatic N) is 1. The molecule has 4 heteroatoms. The third-order valence-electron chi connectivity index (χ3n) is 3.05. The van der Waals surface area contributed by atoms with Gasteiger partial charge >= 0.3 is 0 Å². The smallest absolute Gasteiger partial charge is 0.157 e. The number of hydrogen-bond donors (Lipinski definition) is 1. The summed E-state index contributed by atoms with van der Waals surface area (Å²) in [5.41, 5.74) is 1.37. The van der Waals surface area contributed by atoms with Gasteiger partial charge in [0.15, 0.2) is 5.78 Å². The summed E-state index contributed by atoms with van der Waals surface area (Å²) in [6.07, 6.45) is 2.74. The summed E-state index contributed by atoms with van der Waals surface area (Å²) in [5, 5.41) is 12.0.